The lowest BCUT2D eigenvalue weighted by atomic mass is 9.92. The number of aliphatic imine (C=N–C) groups is 1. The van der Waals surface area contributed by atoms with Crippen molar-refractivity contribution in [2.24, 2.45) is 10.4 Å². The maximum absolute atomic E-state index is 12.0. The molecule has 1 aliphatic rings. The van der Waals surface area contributed by atoms with Crippen molar-refractivity contribution in [2.45, 2.75) is 45.8 Å². The van der Waals surface area contributed by atoms with Gasteiger partial charge in [0.05, 0.1) is 12.0 Å². The van der Waals surface area contributed by atoms with E-state index in [1.165, 1.54) is 18.6 Å². The molecule has 5 nitrogen and oxygen atoms in total. The van der Waals surface area contributed by atoms with Gasteiger partial charge in [0.25, 0.3) is 0 Å². The molecule has 1 fully saturated rings. The van der Waals surface area contributed by atoms with Crippen molar-refractivity contribution in [1.29, 1.82) is 0 Å². The van der Waals surface area contributed by atoms with Crippen molar-refractivity contribution in [2.75, 3.05) is 31.9 Å². The van der Waals surface area contributed by atoms with Crippen LogP contribution < -0.4 is 16.0 Å². The average Bonchev–Trinajstić information content (AvgIpc) is 2.95. The molecule has 3 N–H and O–H groups in total. The highest BCUT2D eigenvalue weighted by atomic mass is 127. The quantitative estimate of drug-likeness (QED) is 0.322. The van der Waals surface area contributed by atoms with Gasteiger partial charge in [0.1, 0.15) is 0 Å². The van der Waals surface area contributed by atoms with E-state index in [1.54, 1.807) is 0 Å². The van der Waals surface area contributed by atoms with Gasteiger partial charge >= 0.3 is 0 Å². The van der Waals surface area contributed by atoms with Crippen molar-refractivity contribution >= 4 is 47.6 Å². The summed E-state index contributed by atoms with van der Waals surface area (Å²) in [4.78, 5) is 16.6. The monoisotopic (exact) mass is 442 g/mol. The van der Waals surface area contributed by atoms with Crippen molar-refractivity contribution in [3.05, 3.63) is 0 Å². The molecular weight excluding hydrogens is 411 g/mol. The molecule has 7 heteroatoms. The molecule has 0 saturated carbocycles. The number of halogens is 1. The van der Waals surface area contributed by atoms with E-state index in [0.29, 0.717) is 18.3 Å². The number of rotatable bonds is 7. The molecule has 1 rings (SSSR count). The summed E-state index contributed by atoms with van der Waals surface area (Å²) in [5.41, 5.74) is -0.486. The number of carbonyl (C=O) groups excluding carboxylic acids is 1. The van der Waals surface area contributed by atoms with Gasteiger partial charge in [-0.2, -0.15) is 11.8 Å². The van der Waals surface area contributed by atoms with E-state index in [0.717, 1.165) is 19.0 Å². The van der Waals surface area contributed by atoms with E-state index in [-0.39, 0.29) is 29.9 Å². The molecule has 0 aromatic rings. The van der Waals surface area contributed by atoms with E-state index in [4.69, 9.17) is 0 Å². The fraction of sp³-hybridized carbons (Fsp3) is 0.867. The Balaban J connectivity index is 0.00000441. The van der Waals surface area contributed by atoms with E-state index < -0.39 is 5.41 Å². The van der Waals surface area contributed by atoms with E-state index in [1.807, 2.05) is 32.5 Å². The van der Waals surface area contributed by atoms with Crippen LogP contribution in [-0.2, 0) is 4.79 Å². The third kappa shape index (κ3) is 7.89. The van der Waals surface area contributed by atoms with Crippen molar-refractivity contribution in [3.8, 4) is 0 Å². The highest BCUT2D eigenvalue weighted by molar-refractivity contribution is 14.0. The largest absolute Gasteiger partial charge is 0.357 e. The molecule has 1 unspecified atom stereocenters. The number of guanidine groups is 1. The van der Waals surface area contributed by atoms with E-state index in [2.05, 4.69) is 27.9 Å². The van der Waals surface area contributed by atoms with Gasteiger partial charge in [0.15, 0.2) is 5.96 Å². The molecule has 0 bridgehead atoms. The molecule has 130 valence electrons. The topological polar surface area (TPSA) is 65.5 Å². The molecule has 0 aromatic heterocycles. The average molecular weight is 442 g/mol. The summed E-state index contributed by atoms with van der Waals surface area (Å²) >= 11 is 2.03. The Bertz CT molecular complexity index is 357. The van der Waals surface area contributed by atoms with Gasteiger partial charge in [-0.1, -0.05) is 0 Å². The molecule has 1 aliphatic heterocycles. The molecule has 1 atom stereocenters. The van der Waals surface area contributed by atoms with E-state index >= 15 is 0 Å². The second-order valence-electron chi connectivity index (χ2n) is 5.95. The minimum atomic E-state index is -0.486. The van der Waals surface area contributed by atoms with Crippen LogP contribution in [0.2, 0.25) is 0 Å². The summed E-state index contributed by atoms with van der Waals surface area (Å²) < 4.78 is 0. The Morgan fingerprint density at radius 2 is 1.91 bits per heavy atom. The second-order valence-corrected chi connectivity index (χ2v) is 7.36. The van der Waals surface area contributed by atoms with Gasteiger partial charge < -0.3 is 16.0 Å². The summed E-state index contributed by atoms with van der Waals surface area (Å²) in [7, 11) is 0. The molecule has 0 spiro atoms. The molecule has 0 aliphatic carbocycles. The first kappa shape index (κ1) is 21.8. The van der Waals surface area contributed by atoms with Crippen LogP contribution in [0.1, 0.15) is 40.5 Å². The highest BCUT2D eigenvalue weighted by Crippen LogP contribution is 2.25. The second kappa shape index (κ2) is 11.4. The molecule has 22 heavy (non-hydrogen) atoms. The van der Waals surface area contributed by atoms with Crippen LogP contribution in [-0.4, -0.2) is 49.0 Å². The van der Waals surface area contributed by atoms with Gasteiger partial charge in [0, 0.05) is 24.9 Å². The summed E-state index contributed by atoms with van der Waals surface area (Å²) in [6.45, 7) is 10.7. The van der Waals surface area contributed by atoms with Crippen LogP contribution in [0.5, 0.6) is 0 Å². The summed E-state index contributed by atoms with van der Waals surface area (Å²) in [6.07, 6.45) is 2.59. The highest BCUT2D eigenvalue weighted by Gasteiger charge is 2.27. The zero-order valence-corrected chi connectivity index (χ0v) is 17.3. The van der Waals surface area contributed by atoms with Crippen LogP contribution in [0.3, 0.4) is 0 Å². The van der Waals surface area contributed by atoms with Gasteiger partial charge in [-0.25, -0.2) is 0 Å². The van der Waals surface area contributed by atoms with Crippen LogP contribution in [0.15, 0.2) is 4.99 Å². The van der Waals surface area contributed by atoms with Crippen molar-refractivity contribution in [1.82, 2.24) is 16.0 Å². The Morgan fingerprint density at radius 3 is 2.45 bits per heavy atom. The van der Waals surface area contributed by atoms with Gasteiger partial charge in [-0.15, -0.1) is 24.0 Å². The number of thioether (sulfide) groups is 1. The minimum Gasteiger partial charge on any atom is -0.357 e. The zero-order valence-electron chi connectivity index (χ0n) is 14.2. The van der Waals surface area contributed by atoms with Crippen molar-refractivity contribution in [3.63, 3.8) is 0 Å². The lowest BCUT2D eigenvalue weighted by molar-refractivity contribution is -0.128. The fourth-order valence-electron chi connectivity index (χ4n) is 2.11. The van der Waals surface area contributed by atoms with Gasteiger partial charge in [-0.05, 0) is 46.3 Å². The van der Waals surface area contributed by atoms with Gasteiger partial charge in [-0.3, -0.25) is 9.79 Å². The number of hydrogen-bond acceptors (Lipinski definition) is 3. The molecule has 1 heterocycles. The minimum absolute atomic E-state index is 0. The van der Waals surface area contributed by atoms with Gasteiger partial charge in [0.2, 0.25) is 5.91 Å². The number of nitrogens with one attached hydrogen (secondary N) is 3. The number of amides is 1. The molecule has 1 saturated heterocycles. The third-order valence-corrected chi connectivity index (χ3v) is 4.85. The lowest BCUT2D eigenvalue weighted by Gasteiger charge is -2.22. The predicted octanol–water partition coefficient (Wildman–Crippen LogP) is 2.22. The maximum atomic E-state index is 12.0. The Hall–Kier alpha value is -0.180. The first-order valence-electron chi connectivity index (χ1n) is 7.91. The van der Waals surface area contributed by atoms with Crippen LogP contribution in [0, 0.1) is 5.41 Å². The Morgan fingerprint density at radius 1 is 1.23 bits per heavy atom. The summed E-state index contributed by atoms with van der Waals surface area (Å²) in [6, 6.07) is 0. The number of carbonyl (C=O) groups is 1. The smallest absolute Gasteiger partial charge is 0.227 e. The normalized spacial score (nSPS) is 18.5. The summed E-state index contributed by atoms with van der Waals surface area (Å²) in [5.74, 6) is 2.13. The Labute approximate surface area is 156 Å². The lowest BCUT2D eigenvalue weighted by Crippen LogP contribution is -2.43. The molecule has 0 aromatic carbocycles. The first-order valence-corrected chi connectivity index (χ1v) is 8.96. The third-order valence-electron chi connectivity index (χ3n) is 3.45. The summed E-state index contributed by atoms with van der Waals surface area (Å²) in [5, 5.41) is 10.2. The standard InChI is InChI=1S/C15H30N4OS.HI/c1-5-16-13(20)15(3,4)11-19-14(17-6-2)18-10-12-8-7-9-21-12;/h12H,5-11H2,1-4H3,(H,16,20)(H2,17,18,19);1H. The number of hydrogen-bond donors (Lipinski definition) is 3. The first-order chi connectivity index (χ1) is 9.99. The molecular formula is C15H31IN4OS. The molecule has 1 amide bonds. The maximum Gasteiger partial charge on any atom is 0.227 e. The number of nitrogens with zero attached hydrogens (tertiary/aromatic N) is 1. The SMILES string of the molecule is CCNC(=O)C(C)(C)CN=C(NCC)NCC1CCCS1.I. The predicted molar refractivity (Wildman–Crippen MR) is 107 cm³/mol. The van der Waals surface area contributed by atoms with Crippen LogP contribution in [0.25, 0.3) is 0 Å². The zero-order chi connectivity index (χ0) is 15.7. The van der Waals surface area contributed by atoms with Crippen LogP contribution in [0.4, 0.5) is 0 Å². The molecule has 0 radical (unpaired) electrons. The van der Waals surface area contributed by atoms with Crippen LogP contribution >= 0.6 is 35.7 Å². The fourth-order valence-corrected chi connectivity index (χ4v) is 3.31. The van der Waals surface area contributed by atoms with E-state index in [9.17, 15) is 4.79 Å². The Kier molecular flexibility index (Phi) is 11.3. The van der Waals surface area contributed by atoms with Crippen molar-refractivity contribution < 1.29 is 4.79 Å².